The molecule has 8 atom stereocenters. The third-order valence-corrected chi connectivity index (χ3v) is 14.9. The van der Waals surface area contributed by atoms with Gasteiger partial charge in [-0.3, -0.25) is 0 Å². The van der Waals surface area contributed by atoms with Crippen molar-refractivity contribution in [3.05, 3.63) is 0 Å². The van der Waals surface area contributed by atoms with Crippen LogP contribution in [-0.2, 0) is 0 Å². The summed E-state index contributed by atoms with van der Waals surface area (Å²) in [6.45, 7) is 7.27. The van der Waals surface area contributed by atoms with Crippen molar-refractivity contribution in [2.75, 3.05) is 0 Å². The van der Waals surface area contributed by atoms with Crippen molar-refractivity contribution in [3.8, 4) is 11.5 Å². The minimum absolute atomic E-state index is 0.784. The second-order valence-corrected chi connectivity index (χ2v) is 27.8. The summed E-state index contributed by atoms with van der Waals surface area (Å²) in [6.07, 6.45) is 9.30. The van der Waals surface area contributed by atoms with Crippen LogP contribution in [-0.4, -0.2) is 21.3 Å². The molecule has 2 heteroatoms. The second kappa shape index (κ2) is 5.91. The maximum atomic E-state index is 3.94. The van der Waals surface area contributed by atoms with E-state index in [4.69, 9.17) is 0 Å². The molecule has 0 saturated heterocycles. The summed E-state index contributed by atoms with van der Waals surface area (Å²) in [5.41, 5.74) is 3.80. The molecule has 134 valence electrons. The van der Waals surface area contributed by atoms with E-state index in [-0.39, 0.29) is 0 Å². The Balaban J connectivity index is 1.66. The van der Waals surface area contributed by atoms with E-state index < -0.39 is 21.3 Å². The molecule has 0 spiro atoms. The molecule has 4 bridgehead atoms. The van der Waals surface area contributed by atoms with Crippen molar-refractivity contribution in [2.45, 2.75) is 80.2 Å². The van der Waals surface area contributed by atoms with E-state index in [9.17, 15) is 0 Å². The Labute approximate surface area is 154 Å². The Morgan fingerprint density at radius 1 is 0.750 bits per heavy atom. The fourth-order valence-corrected chi connectivity index (χ4v) is 15.2. The summed E-state index contributed by atoms with van der Waals surface area (Å²) in [7, 11) is -1.24. The molecule has 0 heterocycles. The van der Waals surface area contributed by atoms with Gasteiger partial charge in [-0.15, -0.1) is 0 Å². The van der Waals surface area contributed by atoms with Crippen LogP contribution in [0.4, 0.5) is 0 Å². The molecule has 0 unspecified atom stereocenters. The van der Waals surface area contributed by atoms with Crippen LogP contribution in [0.1, 0.15) is 38.5 Å². The Morgan fingerprint density at radius 3 is 1.92 bits per heavy atom. The SMILES string of the molecule is C[Si](C)(C)C#C[C@@H]1[C@H]2CC[C@H](C2)[C@@H]1[C@H]1[C@@H]2CC[C@@H](C2)[C@H]1[Ge]([CH3])([CH3])[CH3]. The zero-order valence-electron chi connectivity index (χ0n) is 16.9. The van der Waals surface area contributed by atoms with Gasteiger partial charge in [0.15, 0.2) is 0 Å². The van der Waals surface area contributed by atoms with Crippen LogP contribution in [0.5, 0.6) is 0 Å². The standard InChI is InChI=1S/C22H38GeSi/c1-23(2,3)22-18-10-9-17(14-18)21(22)20-16-8-7-15(13-16)19(20)11-12-24(4,5)6/h15-22H,7-10,13-14H2,1-6H3/t15-,16+,17+,18-,19+,20-,21+,22+/m0/s1. The van der Waals surface area contributed by atoms with Crippen molar-refractivity contribution in [3.63, 3.8) is 0 Å². The average Bonchev–Trinajstić information content (AvgIpc) is 3.20. The molecule has 4 fully saturated rings. The summed E-state index contributed by atoms with van der Waals surface area (Å²) in [5, 5.41) is 0. The molecule has 4 rings (SSSR count). The van der Waals surface area contributed by atoms with Gasteiger partial charge >= 0.3 is 154 Å². The molecule has 0 aromatic carbocycles. The first-order valence-corrected chi connectivity index (χ1v) is 21.7. The zero-order chi connectivity index (χ0) is 17.3. The Hall–Kier alpha value is 0.320. The van der Waals surface area contributed by atoms with Crippen LogP contribution in [0.2, 0.25) is 41.7 Å². The quantitative estimate of drug-likeness (QED) is 0.376. The van der Waals surface area contributed by atoms with Crippen molar-refractivity contribution < 1.29 is 0 Å². The summed E-state index contributed by atoms with van der Waals surface area (Å²) in [6, 6.07) is 0. The van der Waals surface area contributed by atoms with E-state index in [2.05, 4.69) is 48.4 Å². The number of rotatable bonds is 2. The molecule has 0 aromatic rings. The van der Waals surface area contributed by atoms with Gasteiger partial charge in [0, 0.05) is 0 Å². The summed E-state index contributed by atoms with van der Waals surface area (Å²) in [4.78, 5) is 0. The minimum atomic E-state index is -1.61. The average molecular weight is 403 g/mol. The van der Waals surface area contributed by atoms with Gasteiger partial charge in [-0.1, -0.05) is 0 Å². The molecule has 4 aliphatic carbocycles. The molecule has 0 aliphatic heterocycles. The molecule has 24 heavy (non-hydrogen) atoms. The maximum absolute atomic E-state index is 3.94. The first kappa shape index (κ1) is 17.7. The van der Waals surface area contributed by atoms with Crippen LogP contribution in [0.25, 0.3) is 0 Å². The third-order valence-electron chi connectivity index (χ3n) is 8.02. The van der Waals surface area contributed by atoms with Crippen LogP contribution >= 0.6 is 0 Å². The predicted octanol–water partition coefficient (Wildman–Crippen LogP) is 6.28. The van der Waals surface area contributed by atoms with Crippen LogP contribution in [0.3, 0.4) is 0 Å². The molecule has 4 aliphatic rings. The Kier molecular flexibility index (Phi) is 4.37. The number of hydrogen-bond donors (Lipinski definition) is 0. The van der Waals surface area contributed by atoms with E-state index in [1.54, 1.807) is 19.3 Å². The van der Waals surface area contributed by atoms with E-state index in [0.717, 1.165) is 46.2 Å². The van der Waals surface area contributed by atoms with Gasteiger partial charge in [0.2, 0.25) is 0 Å². The monoisotopic (exact) mass is 404 g/mol. The van der Waals surface area contributed by atoms with Crippen molar-refractivity contribution in [1.29, 1.82) is 0 Å². The third kappa shape index (κ3) is 2.98. The number of hydrogen-bond acceptors (Lipinski definition) is 0. The molecule has 0 N–H and O–H groups in total. The summed E-state index contributed by atoms with van der Waals surface area (Å²) >= 11 is -1.61. The Bertz CT molecular complexity index is 557. The van der Waals surface area contributed by atoms with Crippen molar-refractivity contribution in [1.82, 2.24) is 0 Å². The van der Waals surface area contributed by atoms with Gasteiger partial charge in [-0.05, 0) is 0 Å². The van der Waals surface area contributed by atoms with Gasteiger partial charge in [0.05, 0.1) is 0 Å². The zero-order valence-corrected chi connectivity index (χ0v) is 20.0. The van der Waals surface area contributed by atoms with E-state index >= 15 is 0 Å². The predicted molar refractivity (Wildman–Crippen MR) is 110 cm³/mol. The molecule has 0 radical (unpaired) electrons. The summed E-state index contributed by atoms with van der Waals surface area (Å²) in [5.74, 6) is 19.2. The fraction of sp³-hybridized carbons (Fsp3) is 0.909. The van der Waals surface area contributed by atoms with Crippen LogP contribution < -0.4 is 0 Å². The van der Waals surface area contributed by atoms with Gasteiger partial charge in [-0.25, -0.2) is 0 Å². The van der Waals surface area contributed by atoms with E-state index in [0.29, 0.717) is 0 Å². The molecular weight excluding hydrogens is 365 g/mol. The van der Waals surface area contributed by atoms with E-state index in [1.165, 1.54) is 19.3 Å². The van der Waals surface area contributed by atoms with Crippen molar-refractivity contribution >= 4 is 21.3 Å². The Morgan fingerprint density at radius 2 is 1.29 bits per heavy atom. The van der Waals surface area contributed by atoms with E-state index in [1.807, 2.05) is 0 Å². The first-order valence-electron chi connectivity index (χ1n) is 10.7. The fourth-order valence-electron chi connectivity index (χ4n) is 7.58. The van der Waals surface area contributed by atoms with Gasteiger partial charge in [0.1, 0.15) is 0 Å². The van der Waals surface area contributed by atoms with Crippen LogP contribution in [0, 0.1) is 52.9 Å². The van der Waals surface area contributed by atoms with Crippen molar-refractivity contribution in [2.24, 2.45) is 41.4 Å². The van der Waals surface area contributed by atoms with Gasteiger partial charge < -0.3 is 0 Å². The molecule has 0 nitrogen and oxygen atoms in total. The first-order chi connectivity index (χ1) is 11.1. The summed E-state index contributed by atoms with van der Waals surface area (Å²) < 4.78 is 1.16. The van der Waals surface area contributed by atoms with Gasteiger partial charge in [0.25, 0.3) is 0 Å². The molecular formula is C22H38GeSi. The molecule has 0 amide bonds. The molecule has 4 saturated carbocycles. The normalized spacial score (nSPS) is 47.1. The second-order valence-electron chi connectivity index (χ2n) is 11.8. The number of fused-ring (bicyclic) bond motifs is 4. The van der Waals surface area contributed by atoms with Gasteiger partial charge in [-0.2, -0.15) is 0 Å². The molecule has 0 aromatic heterocycles. The van der Waals surface area contributed by atoms with Crippen LogP contribution in [0.15, 0.2) is 0 Å². The topological polar surface area (TPSA) is 0 Å².